The minimum atomic E-state index is -0.157. The lowest BCUT2D eigenvalue weighted by Gasteiger charge is -2.15. The molecule has 1 aliphatic heterocycles. The molecule has 0 radical (unpaired) electrons. The first-order valence-corrected chi connectivity index (χ1v) is 3.77. The average molecular weight is 158 g/mol. The molecule has 1 rings (SSSR count). The first-order valence-electron chi connectivity index (χ1n) is 3.77. The van der Waals surface area contributed by atoms with Gasteiger partial charge in [-0.05, 0) is 20.3 Å². The van der Waals surface area contributed by atoms with Crippen LogP contribution in [0, 0.1) is 5.92 Å². The third kappa shape index (κ3) is 1.93. The number of ether oxygens (including phenoxy) is 2. The fraction of sp³-hybridized carbons (Fsp3) is 0.875. The Bertz CT molecular complexity index is 163. The van der Waals surface area contributed by atoms with Crippen molar-refractivity contribution < 1.29 is 14.3 Å². The van der Waals surface area contributed by atoms with Crippen LogP contribution in [0.3, 0.4) is 0 Å². The van der Waals surface area contributed by atoms with Gasteiger partial charge in [-0.3, -0.25) is 4.79 Å². The minimum absolute atomic E-state index is 0.0602. The quantitative estimate of drug-likeness (QED) is 0.533. The molecule has 0 aromatic rings. The predicted octanol–water partition coefficient (Wildman–Crippen LogP) is 0.974. The molecule has 1 atom stereocenters. The summed E-state index contributed by atoms with van der Waals surface area (Å²) in [6.45, 7) is 4.46. The topological polar surface area (TPSA) is 35.5 Å². The first-order chi connectivity index (χ1) is 5.05. The van der Waals surface area contributed by atoms with Crippen LogP contribution < -0.4 is 0 Å². The molecule has 0 aliphatic carbocycles. The Kier molecular flexibility index (Phi) is 2.18. The van der Waals surface area contributed by atoms with Crippen LogP contribution in [-0.4, -0.2) is 25.3 Å². The third-order valence-corrected chi connectivity index (χ3v) is 1.95. The maximum atomic E-state index is 11.0. The summed E-state index contributed by atoms with van der Waals surface area (Å²) < 4.78 is 9.98. The van der Waals surface area contributed by atoms with E-state index in [1.807, 2.05) is 13.8 Å². The van der Waals surface area contributed by atoms with E-state index in [0.29, 0.717) is 6.61 Å². The number of rotatable bonds is 1. The van der Waals surface area contributed by atoms with Crippen molar-refractivity contribution >= 4 is 5.97 Å². The number of hydrogen-bond acceptors (Lipinski definition) is 3. The van der Waals surface area contributed by atoms with Crippen LogP contribution in [0.25, 0.3) is 0 Å². The van der Waals surface area contributed by atoms with Crippen LogP contribution in [0.15, 0.2) is 0 Å². The highest BCUT2D eigenvalue weighted by Crippen LogP contribution is 2.29. The lowest BCUT2D eigenvalue weighted by Crippen LogP contribution is -2.19. The molecule has 1 unspecified atom stereocenters. The second-order valence-electron chi connectivity index (χ2n) is 3.49. The summed E-state index contributed by atoms with van der Waals surface area (Å²) >= 11 is 0. The molecule has 3 nitrogen and oxygen atoms in total. The fourth-order valence-electron chi connectivity index (χ4n) is 1.36. The molecule has 0 aromatic heterocycles. The van der Waals surface area contributed by atoms with E-state index in [-0.39, 0.29) is 17.5 Å². The highest BCUT2D eigenvalue weighted by Gasteiger charge is 2.36. The molecular weight excluding hydrogens is 144 g/mol. The van der Waals surface area contributed by atoms with E-state index in [1.54, 1.807) is 0 Å². The van der Waals surface area contributed by atoms with Crippen molar-refractivity contribution in [2.24, 2.45) is 5.92 Å². The van der Waals surface area contributed by atoms with Crippen molar-refractivity contribution in [1.29, 1.82) is 0 Å². The molecule has 0 saturated carbocycles. The Morgan fingerprint density at radius 1 is 1.64 bits per heavy atom. The van der Waals surface area contributed by atoms with Crippen molar-refractivity contribution in [1.82, 2.24) is 0 Å². The van der Waals surface area contributed by atoms with Crippen LogP contribution in [0.5, 0.6) is 0 Å². The Morgan fingerprint density at radius 2 is 2.27 bits per heavy atom. The molecule has 0 bridgehead atoms. The molecule has 0 spiro atoms. The van der Waals surface area contributed by atoms with Crippen molar-refractivity contribution in [2.75, 3.05) is 13.7 Å². The molecule has 0 N–H and O–H groups in total. The van der Waals surface area contributed by atoms with Crippen LogP contribution in [0.4, 0.5) is 0 Å². The standard InChI is InChI=1S/C8H14O3/c1-8(2)4-6(5-11-8)7(9)10-3/h6H,4-5H2,1-3H3. The van der Waals surface area contributed by atoms with Crippen LogP contribution in [-0.2, 0) is 14.3 Å². The van der Waals surface area contributed by atoms with Crippen molar-refractivity contribution in [3.05, 3.63) is 0 Å². The van der Waals surface area contributed by atoms with Gasteiger partial charge in [-0.25, -0.2) is 0 Å². The van der Waals surface area contributed by atoms with Crippen molar-refractivity contribution in [2.45, 2.75) is 25.9 Å². The van der Waals surface area contributed by atoms with Gasteiger partial charge in [0.25, 0.3) is 0 Å². The SMILES string of the molecule is COC(=O)C1COC(C)(C)C1. The average Bonchev–Trinajstić information content (AvgIpc) is 2.29. The molecule has 1 fully saturated rings. The largest absolute Gasteiger partial charge is 0.469 e. The first kappa shape index (κ1) is 8.53. The zero-order valence-corrected chi connectivity index (χ0v) is 7.22. The van der Waals surface area contributed by atoms with Crippen LogP contribution in [0.2, 0.25) is 0 Å². The second kappa shape index (κ2) is 2.81. The zero-order valence-electron chi connectivity index (χ0n) is 7.22. The van der Waals surface area contributed by atoms with Crippen LogP contribution in [0.1, 0.15) is 20.3 Å². The summed E-state index contributed by atoms with van der Waals surface area (Å²) in [7, 11) is 1.41. The Balaban J connectivity index is 2.48. The number of carbonyl (C=O) groups is 1. The van der Waals surface area contributed by atoms with E-state index in [2.05, 4.69) is 4.74 Å². The molecule has 0 aromatic carbocycles. The summed E-state index contributed by atoms with van der Waals surface area (Å²) in [4.78, 5) is 11.0. The van der Waals surface area contributed by atoms with E-state index >= 15 is 0 Å². The highest BCUT2D eigenvalue weighted by atomic mass is 16.5. The van der Waals surface area contributed by atoms with Gasteiger partial charge < -0.3 is 9.47 Å². The zero-order chi connectivity index (χ0) is 8.48. The van der Waals surface area contributed by atoms with Gasteiger partial charge in [0, 0.05) is 0 Å². The fourth-order valence-corrected chi connectivity index (χ4v) is 1.36. The van der Waals surface area contributed by atoms with Crippen molar-refractivity contribution in [3.63, 3.8) is 0 Å². The number of hydrogen-bond donors (Lipinski definition) is 0. The van der Waals surface area contributed by atoms with E-state index in [0.717, 1.165) is 6.42 Å². The number of methoxy groups -OCH3 is 1. The lowest BCUT2D eigenvalue weighted by atomic mass is 9.98. The van der Waals surface area contributed by atoms with Crippen LogP contribution >= 0.6 is 0 Å². The summed E-state index contributed by atoms with van der Waals surface area (Å²) in [5.74, 6) is -0.217. The molecule has 1 saturated heterocycles. The normalized spacial score (nSPS) is 28.5. The predicted molar refractivity (Wildman–Crippen MR) is 40.2 cm³/mol. The van der Waals surface area contributed by atoms with Gasteiger partial charge in [0.05, 0.1) is 25.2 Å². The third-order valence-electron chi connectivity index (χ3n) is 1.95. The molecule has 1 heterocycles. The molecular formula is C8H14O3. The van der Waals surface area contributed by atoms with E-state index < -0.39 is 0 Å². The lowest BCUT2D eigenvalue weighted by molar-refractivity contribution is -0.145. The maximum Gasteiger partial charge on any atom is 0.311 e. The van der Waals surface area contributed by atoms with Gasteiger partial charge >= 0.3 is 5.97 Å². The Morgan fingerprint density at radius 3 is 2.64 bits per heavy atom. The monoisotopic (exact) mass is 158 g/mol. The van der Waals surface area contributed by atoms with Gasteiger partial charge in [0.2, 0.25) is 0 Å². The molecule has 11 heavy (non-hydrogen) atoms. The molecule has 1 aliphatic rings. The second-order valence-corrected chi connectivity index (χ2v) is 3.49. The Hall–Kier alpha value is -0.570. The summed E-state index contributed by atoms with van der Waals surface area (Å²) in [5, 5.41) is 0. The smallest absolute Gasteiger partial charge is 0.311 e. The van der Waals surface area contributed by atoms with Gasteiger partial charge in [-0.1, -0.05) is 0 Å². The van der Waals surface area contributed by atoms with Gasteiger partial charge in [-0.15, -0.1) is 0 Å². The van der Waals surface area contributed by atoms with Gasteiger partial charge in [-0.2, -0.15) is 0 Å². The highest BCUT2D eigenvalue weighted by molar-refractivity contribution is 5.72. The van der Waals surface area contributed by atoms with Gasteiger partial charge in [0.15, 0.2) is 0 Å². The molecule has 3 heteroatoms. The number of carbonyl (C=O) groups excluding carboxylic acids is 1. The van der Waals surface area contributed by atoms with Crippen molar-refractivity contribution in [3.8, 4) is 0 Å². The Labute approximate surface area is 66.7 Å². The van der Waals surface area contributed by atoms with Gasteiger partial charge in [0.1, 0.15) is 0 Å². The summed E-state index contributed by atoms with van der Waals surface area (Å²) in [6, 6.07) is 0. The maximum absolute atomic E-state index is 11.0. The number of esters is 1. The van der Waals surface area contributed by atoms with E-state index in [9.17, 15) is 4.79 Å². The van der Waals surface area contributed by atoms with E-state index in [4.69, 9.17) is 4.74 Å². The summed E-state index contributed by atoms with van der Waals surface area (Å²) in [6.07, 6.45) is 0.764. The molecule has 64 valence electrons. The molecule has 0 amide bonds. The summed E-state index contributed by atoms with van der Waals surface area (Å²) in [5.41, 5.74) is -0.154. The minimum Gasteiger partial charge on any atom is -0.469 e. The van der Waals surface area contributed by atoms with E-state index in [1.165, 1.54) is 7.11 Å².